The largest absolute Gasteiger partial charge is 0.322 e. The van der Waals surface area contributed by atoms with Crippen molar-refractivity contribution >= 4 is 23.2 Å². The number of nitrogens with one attached hydrogen (secondary N) is 1. The standard InChI is InChI=1S/C20H18N4O2/c1-14(25)24-17-8-4-2-6-15(17)12-19(24)20(26)22-16-7-3-5-9-18(16)23-11-10-21-13-23/h2-11,13,19H,12H2,1H3,(H,22,26)/t19-/m0/s1. The molecule has 3 aromatic rings. The zero-order chi connectivity index (χ0) is 18.1. The summed E-state index contributed by atoms with van der Waals surface area (Å²) in [6.07, 6.45) is 5.69. The number of rotatable bonds is 3. The molecule has 1 aliphatic rings. The third-order valence-electron chi connectivity index (χ3n) is 4.56. The SMILES string of the molecule is CC(=O)N1c2ccccc2C[C@H]1C(=O)Nc1ccccc1-n1ccnc1. The summed E-state index contributed by atoms with van der Waals surface area (Å²) in [6, 6.07) is 14.6. The van der Waals surface area contributed by atoms with E-state index in [1.54, 1.807) is 17.4 Å². The molecule has 0 aliphatic carbocycles. The maximum Gasteiger partial charge on any atom is 0.247 e. The van der Waals surface area contributed by atoms with Crippen molar-refractivity contribution in [2.45, 2.75) is 19.4 Å². The lowest BCUT2D eigenvalue weighted by Gasteiger charge is -2.24. The van der Waals surface area contributed by atoms with Gasteiger partial charge in [0.15, 0.2) is 0 Å². The van der Waals surface area contributed by atoms with Crippen LogP contribution in [-0.2, 0) is 16.0 Å². The number of anilines is 2. The maximum absolute atomic E-state index is 13.0. The molecule has 0 bridgehead atoms. The number of hydrogen-bond donors (Lipinski definition) is 1. The van der Waals surface area contributed by atoms with Gasteiger partial charge in [-0.05, 0) is 23.8 Å². The second-order valence-electron chi connectivity index (χ2n) is 6.21. The Balaban J connectivity index is 1.63. The molecule has 1 atom stereocenters. The molecular weight excluding hydrogens is 328 g/mol. The van der Waals surface area contributed by atoms with Gasteiger partial charge in [0, 0.05) is 31.4 Å². The van der Waals surface area contributed by atoms with Crippen LogP contribution in [0.15, 0.2) is 67.3 Å². The monoisotopic (exact) mass is 346 g/mol. The van der Waals surface area contributed by atoms with Crippen molar-refractivity contribution in [1.29, 1.82) is 0 Å². The van der Waals surface area contributed by atoms with E-state index in [1.807, 2.05) is 59.3 Å². The van der Waals surface area contributed by atoms with Gasteiger partial charge in [-0.2, -0.15) is 0 Å². The molecule has 0 spiro atoms. The molecule has 130 valence electrons. The highest BCUT2D eigenvalue weighted by atomic mass is 16.2. The zero-order valence-electron chi connectivity index (χ0n) is 14.3. The molecule has 2 heterocycles. The molecule has 26 heavy (non-hydrogen) atoms. The molecule has 0 fully saturated rings. The van der Waals surface area contributed by atoms with Crippen LogP contribution in [0.5, 0.6) is 0 Å². The number of amides is 2. The smallest absolute Gasteiger partial charge is 0.247 e. The molecule has 6 nitrogen and oxygen atoms in total. The number of imidazole rings is 1. The Hall–Kier alpha value is -3.41. The van der Waals surface area contributed by atoms with Gasteiger partial charge in [-0.3, -0.25) is 14.5 Å². The molecule has 1 aromatic heterocycles. The minimum absolute atomic E-state index is 0.141. The van der Waals surface area contributed by atoms with Crippen LogP contribution in [0.3, 0.4) is 0 Å². The summed E-state index contributed by atoms with van der Waals surface area (Å²) >= 11 is 0. The third kappa shape index (κ3) is 2.75. The van der Waals surface area contributed by atoms with E-state index in [4.69, 9.17) is 0 Å². The van der Waals surface area contributed by atoms with Gasteiger partial charge >= 0.3 is 0 Å². The van der Waals surface area contributed by atoms with E-state index >= 15 is 0 Å². The first-order valence-corrected chi connectivity index (χ1v) is 8.41. The minimum atomic E-state index is -0.555. The van der Waals surface area contributed by atoms with Crippen molar-refractivity contribution in [3.8, 4) is 5.69 Å². The number of fused-ring (bicyclic) bond motifs is 1. The summed E-state index contributed by atoms with van der Waals surface area (Å²) in [4.78, 5) is 30.8. The molecule has 2 aromatic carbocycles. The van der Waals surface area contributed by atoms with Gasteiger partial charge in [0.1, 0.15) is 6.04 Å². The Bertz CT molecular complexity index is 965. The van der Waals surface area contributed by atoms with Crippen molar-refractivity contribution in [1.82, 2.24) is 9.55 Å². The molecule has 1 aliphatic heterocycles. The molecule has 0 saturated heterocycles. The van der Waals surface area contributed by atoms with Gasteiger partial charge in [-0.1, -0.05) is 30.3 Å². The number of para-hydroxylation sites is 3. The minimum Gasteiger partial charge on any atom is -0.322 e. The summed E-state index contributed by atoms with van der Waals surface area (Å²) in [6.45, 7) is 1.49. The zero-order valence-corrected chi connectivity index (χ0v) is 14.3. The van der Waals surface area contributed by atoms with Crippen LogP contribution in [0.4, 0.5) is 11.4 Å². The Morgan fingerprint density at radius 2 is 1.81 bits per heavy atom. The lowest BCUT2D eigenvalue weighted by molar-refractivity contribution is -0.122. The summed E-state index contributed by atoms with van der Waals surface area (Å²) in [5.41, 5.74) is 3.31. The van der Waals surface area contributed by atoms with Gasteiger partial charge in [0.2, 0.25) is 11.8 Å². The summed E-state index contributed by atoms with van der Waals surface area (Å²) in [5, 5.41) is 2.98. The molecule has 0 unspecified atom stereocenters. The first kappa shape index (κ1) is 16.1. The first-order valence-electron chi connectivity index (χ1n) is 8.41. The molecule has 0 radical (unpaired) electrons. The Morgan fingerprint density at radius 1 is 1.08 bits per heavy atom. The average molecular weight is 346 g/mol. The summed E-state index contributed by atoms with van der Waals surface area (Å²) in [7, 11) is 0. The molecule has 6 heteroatoms. The highest BCUT2D eigenvalue weighted by Gasteiger charge is 2.36. The second kappa shape index (κ2) is 6.48. The summed E-state index contributed by atoms with van der Waals surface area (Å²) < 4.78 is 1.84. The molecular formula is C20H18N4O2. The van der Waals surface area contributed by atoms with E-state index in [-0.39, 0.29) is 11.8 Å². The van der Waals surface area contributed by atoms with Gasteiger partial charge in [0.25, 0.3) is 0 Å². The van der Waals surface area contributed by atoms with Gasteiger partial charge in [-0.15, -0.1) is 0 Å². The van der Waals surface area contributed by atoms with Crippen LogP contribution < -0.4 is 10.2 Å². The fraction of sp³-hybridized carbons (Fsp3) is 0.150. The highest BCUT2D eigenvalue weighted by Crippen LogP contribution is 2.33. The normalized spacial score (nSPS) is 15.6. The highest BCUT2D eigenvalue weighted by molar-refractivity contribution is 6.07. The van der Waals surface area contributed by atoms with Crippen LogP contribution in [0.2, 0.25) is 0 Å². The van der Waals surface area contributed by atoms with Crippen molar-refractivity contribution in [2.75, 3.05) is 10.2 Å². The number of carbonyl (C=O) groups is 2. The first-order chi connectivity index (χ1) is 12.6. The van der Waals surface area contributed by atoms with Crippen molar-refractivity contribution in [2.24, 2.45) is 0 Å². The predicted molar refractivity (Wildman–Crippen MR) is 99.3 cm³/mol. The van der Waals surface area contributed by atoms with Gasteiger partial charge in [-0.25, -0.2) is 4.98 Å². The molecule has 0 saturated carbocycles. The Labute approximate surface area is 151 Å². The van der Waals surface area contributed by atoms with E-state index in [1.165, 1.54) is 6.92 Å². The maximum atomic E-state index is 13.0. The van der Waals surface area contributed by atoms with Crippen LogP contribution in [0, 0.1) is 0 Å². The van der Waals surface area contributed by atoms with Crippen molar-refractivity contribution in [3.05, 3.63) is 72.8 Å². The van der Waals surface area contributed by atoms with Crippen molar-refractivity contribution in [3.63, 3.8) is 0 Å². The van der Waals surface area contributed by atoms with Crippen molar-refractivity contribution < 1.29 is 9.59 Å². The van der Waals surface area contributed by atoms with Crippen LogP contribution in [0.1, 0.15) is 12.5 Å². The van der Waals surface area contributed by atoms with E-state index in [0.29, 0.717) is 12.1 Å². The predicted octanol–water partition coefficient (Wildman–Crippen LogP) is 2.79. The Morgan fingerprint density at radius 3 is 2.54 bits per heavy atom. The molecule has 2 amide bonds. The van der Waals surface area contributed by atoms with Crippen LogP contribution in [0.25, 0.3) is 5.69 Å². The lowest BCUT2D eigenvalue weighted by atomic mass is 10.1. The number of aromatic nitrogens is 2. The van der Waals surface area contributed by atoms with Gasteiger partial charge in [0.05, 0.1) is 17.7 Å². The third-order valence-corrected chi connectivity index (χ3v) is 4.56. The number of carbonyl (C=O) groups excluding carboxylic acids is 2. The topological polar surface area (TPSA) is 67.2 Å². The van der Waals surface area contributed by atoms with E-state index in [0.717, 1.165) is 16.9 Å². The molecule has 1 N–H and O–H groups in total. The molecule has 4 rings (SSSR count). The number of nitrogens with zero attached hydrogens (tertiary/aromatic N) is 3. The average Bonchev–Trinajstić information content (AvgIpc) is 3.29. The summed E-state index contributed by atoms with van der Waals surface area (Å²) in [5.74, 6) is -0.345. The van der Waals surface area contributed by atoms with Crippen LogP contribution in [-0.4, -0.2) is 27.4 Å². The second-order valence-corrected chi connectivity index (χ2v) is 6.21. The van der Waals surface area contributed by atoms with E-state index < -0.39 is 6.04 Å². The van der Waals surface area contributed by atoms with Gasteiger partial charge < -0.3 is 9.88 Å². The van der Waals surface area contributed by atoms with Crippen LogP contribution >= 0.6 is 0 Å². The number of hydrogen-bond acceptors (Lipinski definition) is 3. The van der Waals surface area contributed by atoms with E-state index in [9.17, 15) is 9.59 Å². The fourth-order valence-corrected chi connectivity index (χ4v) is 3.41. The lowest BCUT2D eigenvalue weighted by Crippen LogP contribution is -2.44. The quantitative estimate of drug-likeness (QED) is 0.793. The van der Waals surface area contributed by atoms with E-state index in [2.05, 4.69) is 10.3 Å². The fourth-order valence-electron chi connectivity index (χ4n) is 3.41. The Kier molecular flexibility index (Phi) is 4.01. The number of benzene rings is 2.